The molecule has 22 heavy (non-hydrogen) atoms. The molecular formula is C15H23N3O4. The van der Waals surface area contributed by atoms with E-state index in [0.717, 1.165) is 19.3 Å². The van der Waals surface area contributed by atoms with Crippen molar-refractivity contribution in [3.8, 4) is 0 Å². The molecule has 2 aliphatic carbocycles. The Morgan fingerprint density at radius 3 is 2.64 bits per heavy atom. The Bertz CT molecular complexity index is 495. The molecule has 0 bridgehead atoms. The van der Waals surface area contributed by atoms with Gasteiger partial charge in [0.25, 0.3) is 0 Å². The van der Waals surface area contributed by atoms with Crippen molar-refractivity contribution in [2.24, 2.45) is 5.92 Å². The van der Waals surface area contributed by atoms with Gasteiger partial charge in [0.2, 0.25) is 6.04 Å². The molecule has 5 unspecified atom stereocenters. The lowest BCUT2D eigenvalue weighted by Gasteiger charge is -2.48. The van der Waals surface area contributed by atoms with Crippen LogP contribution in [0.4, 0.5) is 0 Å². The molecule has 0 spiro atoms. The normalized spacial score (nSPS) is 39.1. The van der Waals surface area contributed by atoms with E-state index in [4.69, 9.17) is 0 Å². The van der Waals surface area contributed by atoms with Gasteiger partial charge in [0, 0.05) is 23.8 Å². The van der Waals surface area contributed by atoms with Crippen molar-refractivity contribution in [2.75, 3.05) is 0 Å². The van der Waals surface area contributed by atoms with Crippen LogP contribution in [0, 0.1) is 16.0 Å². The maximum atomic E-state index is 12.4. The Morgan fingerprint density at radius 1 is 1.18 bits per heavy atom. The van der Waals surface area contributed by atoms with E-state index in [9.17, 15) is 19.7 Å². The van der Waals surface area contributed by atoms with E-state index in [-0.39, 0.29) is 23.0 Å². The van der Waals surface area contributed by atoms with Crippen LogP contribution in [0.25, 0.3) is 0 Å². The number of hydrogen-bond acceptors (Lipinski definition) is 4. The number of carbonyl (C=O) groups is 2. The number of amides is 2. The Labute approximate surface area is 129 Å². The molecule has 0 aromatic rings. The Kier molecular flexibility index (Phi) is 4.06. The number of nitrogens with zero attached hydrogens (tertiary/aromatic N) is 2. The molecule has 1 heterocycles. The molecule has 3 aliphatic rings. The average molecular weight is 309 g/mol. The van der Waals surface area contributed by atoms with Gasteiger partial charge in [0.1, 0.15) is 0 Å². The summed E-state index contributed by atoms with van der Waals surface area (Å²) < 4.78 is 0. The van der Waals surface area contributed by atoms with Gasteiger partial charge < -0.3 is 10.2 Å². The van der Waals surface area contributed by atoms with Crippen LogP contribution >= 0.6 is 0 Å². The van der Waals surface area contributed by atoms with Crippen molar-refractivity contribution < 1.29 is 14.5 Å². The molecule has 3 rings (SSSR count). The third-order valence-electron chi connectivity index (χ3n) is 5.49. The number of nitro groups is 1. The molecule has 0 radical (unpaired) electrons. The monoisotopic (exact) mass is 309 g/mol. The molecule has 5 atom stereocenters. The first kappa shape index (κ1) is 15.2. The van der Waals surface area contributed by atoms with E-state index in [1.807, 2.05) is 0 Å². The Balaban J connectivity index is 1.80. The largest absolute Gasteiger partial charge is 0.343 e. The van der Waals surface area contributed by atoms with Crippen molar-refractivity contribution >= 4 is 11.8 Å². The van der Waals surface area contributed by atoms with Crippen LogP contribution in [-0.2, 0) is 9.59 Å². The molecule has 1 N–H and O–H groups in total. The fourth-order valence-corrected chi connectivity index (χ4v) is 4.40. The zero-order valence-corrected chi connectivity index (χ0v) is 12.9. The fourth-order valence-electron chi connectivity index (χ4n) is 4.40. The van der Waals surface area contributed by atoms with Crippen molar-refractivity contribution in [3.63, 3.8) is 0 Å². The maximum absolute atomic E-state index is 12.4. The number of nitrogens with one attached hydrogen (secondary N) is 1. The molecule has 1 saturated heterocycles. The van der Waals surface area contributed by atoms with Crippen molar-refractivity contribution in [1.82, 2.24) is 10.2 Å². The summed E-state index contributed by atoms with van der Waals surface area (Å²) in [6.45, 7) is 2.18. The third-order valence-corrected chi connectivity index (χ3v) is 5.49. The quantitative estimate of drug-likeness (QED) is 0.469. The van der Waals surface area contributed by atoms with Crippen molar-refractivity contribution in [3.05, 3.63) is 10.1 Å². The van der Waals surface area contributed by atoms with Crippen molar-refractivity contribution in [1.29, 1.82) is 0 Å². The maximum Gasteiger partial charge on any atom is 0.312 e. The van der Waals surface area contributed by atoms with Crippen LogP contribution in [0.15, 0.2) is 0 Å². The predicted octanol–water partition coefficient (Wildman–Crippen LogP) is 1.09. The summed E-state index contributed by atoms with van der Waals surface area (Å²) in [5.41, 5.74) is 0. The number of fused-ring (bicyclic) bond motifs is 1. The van der Waals surface area contributed by atoms with Gasteiger partial charge in [-0.05, 0) is 25.2 Å². The van der Waals surface area contributed by atoms with Crippen LogP contribution in [0.5, 0.6) is 0 Å². The van der Waals surface area contributed by atoms with Gasteiger partial charge in [0.05, 0.1) is 12.1 Å². The molecular weight excluding hydrogens is 286 g/mol. The zero-order chi connectivity index (χ0) is 15.9. The summed E-state index contributed by atoms with van der Waals surface area (Å²) in [5, 5.41) is 13.7. The summed E-state index contributed by atoms with van der Waals surface area (Å²) in [6.07, 6.45) is 5.53. The molecule has 2 amide bonds. The highest BCUT2D eigenvalue weighted by molar-refractivity contribution is 6.35. The minimum Gasteiger partial charge on any atom is -0.343 e. The lowest BCUT2D eigenvalue weighted by molar-refractivity contribution is -0.527. The number of piperazine rings is 1. The number of hydrogen-bond donors (Lipinski definition) is 1. The van der Waals surface area contributed by atoms with Gasteiger partial charge in [-0.15, -0.1) is 0 Å². The van der Waals surface area contributed by atoms with Crippen LogP contribution in [0.2, 0.25) is 0 Å². The van der Waals surface area contributed by atoms with Gasteiger partial charge in [-0.2, -0.15) is 0 Å². The molecule has 1 aliphatic heterocycles. The van der Waals surface area contributed by atoms with Gasteiger partial charge in [-0.1, -0.05) is 19.8 Å². The summed E-state index contributed by atoms with van der Waals surface area (Å²) in [6, 6.07) is -0.841. The van der Waals surface area contributed by atoms with E-state index in [1.165, 1.54) is 6.42 Å². The molecule has 0 aromatic heterocycles. The number of carbonyl (C=O) groups excluding carboxylic acids is 2. The molecule has 0 aromatic carbocycles. The minimum absolute atomic E-state index is 0.0725. The van der Waals surface area contributed by atoms with Crippen LogP contribution in [-0.4, -0.2) is 45.8 Å². The Morgan fingerprint density at radius 2 is 1.95 bits per heavy atom. The summed E-state index contributed by atoms with van der Waals surface area (Å²) in [5.74, 6) is -0.478. The SMILES string of the molecule is CC1CCCC(N2C(=O)C(=O)NC3CC([N+](=O)[O-])CCC32)C1. The van der Waals surface area contributed by atoms with E-state index in [2.05, 4.69) is 12.2 Å². The van der Waals surface area contributed by atoms with Gasteiger partial charge >= 0.3 is 11.8 Å². The first-order valence-corrected chi connectivity index (χ1v) is 8.24. The summed E-state index contributed by atoms with van der Waals surface area (Å²) in [4.78, 5) is 36.9. The second-order valence-corrected chi connectivity index (χ2v) is 7.04. The molecule has 7 nitrogen and oxygen atoms in total. The first-order valence-electron chi connectivity index (χ1n) is 8.24. The smallest absolute Gasteiger partial charge is 0.312 e. The standard InChI is InChI=1S/C15H23N3O4/c1-9-3-2-4-10(7-9)17-13-6-5-11(18(21)22)8-12(13)16-14(19)15(17)20/h9-13H,2-8H2,1H3,(H,16,19). The molecule has 2 saturated carbocycles. The first-order chi connectivity index (χ1) is 10.5. The van der Waals surface area contributed by atoms with E-state index in [1.54, 1.807) is 4.90 Å². The van der Waals surface area contributed by atoms with E-state index >= 15 is 0 Å². The molecule has 3 fully saturated rings. The summed E-state index contributed by atoms with van der Waals surface area (Å²) in [7, 11) is 0. The van der Waals surface area contributed by atoms with Crippen LogP contribution in [0.1, 0.15) is 51.9 Å². The predicted molar refractivity (Wildman–Crippen MR) is 78.6 cm³/mol. The highest BCUT2D eigenvalue weighted by Crippen LogP contribution is 2.34. The van der Waals surface area contributed by atoms with Crippen LogP contribution in [0.3, 0.4) is 0 Å². The van der Waals surface area contributed by atoms with Crippen LogP contribution < -0.4 is 5.32 Å². The molecule has 7 heteroatoms. The van der Waals surface area contributed by atoms with Gasteiger partial charge in [-0.3, -0.25) is 19.7 Å². The lowest BCUT2D eigenvalue weighted by atomic mass is 9.80. The van der Waals surface area contributed by atoms with Gasteiger partial charge in [-0.25, -0.2) is 0 Å². The molecule has 122 valence electrons. The summed E-state index contributed by atoms with van der Waals surface area (Å²) >= 11 is 0. The number of rotatable bonds is 2. The highest BCUT2D eigenvalue weighted by Gasteiger charge is 2.48. The average Bonchev–Trinajstić information content (AvgIpc) is 2.48. The Hall–Kier alpha value is -1.66. The zero-order valence-electron chi connectivity index (χ0n) is 12.9. The van der Waals surface area contributed by atoms with E-state index in [0.29, 0.717) is 25.2 Å². The second kappa shape index (κ2) is 5.85. The van der Waals surface area contributed by atoms with E-state index < -0.39 is 17.9 Å². The van der Waals surface area contributed by atoms with Crippen molar-refractivity contribution in [2.45, 2.75) is 76.0 Å². The highest BCUT2D eigenvalue weighted by atomic mass is 16.6. The fraction of sp³-hybridized carbons (Fsp3) is 0.867. The lowest BCUT2D eigenvalue weighted by Crippen LogP contribution is -2.68. The minimum atomic E-state index is -0.609. The van der Waals surface area contributed by atoms with Gasteiger partial charge in [0.15, 0.2) is 0 Å². The topological polar surface area (TPSA) is 92.6 Å². The third kappa shape index (κ3) is 2.68. The second-order valence-electron chi connectivity index (χ2n) is 7.04.